The molecule has 0 spiro atoms. The van der Waals surface area contributed by atoms with Gasteiger partial charge in [0.15, 0.2) is 12.5 Å². The number of nitrogens with zero attached hydrogens (tertiary/aromatic N) is 3. The zero-order chi connectivity index (χ0) is 22.9. The normalized spacial score (nSPS) is 21.9. The fourth-order valence-electron chi connectivity index (χ4n) is 4.91. The number of benzene rings is 3. The van der Waals surface area contributed by atoms with Crippen molar-refractivity contribution >= 4 is 29.3 Å². The SMILES string of the molecule is C=N/C(C)=C(\SCc1ccc2c(c1)CCC2)C1OC(c2cccc3ccccc23)N(C)N1C. The second-order valence-electron chi connectivity index (χ2n) is 8.91. The lowest BCUT2D eigenvalue weighted by Gasteiger charge is -2.26. The van der Waals surface area contributed by atoms with Gasteiger partial charge in [0.1, 0.15) is 0 Å². The third kappa shape index (κ3) is 4.26. The maximum absolute atomic E-state index is 6.71. The number of aliphatic imine (C=N–C) groups is 1. The molecule has 2 atom stereocenters. The molecule has 3 aromatic rings. The van der Waals surface area contributed by atoms with Crippen molar-refractivity contribution in [3.8, 4) is 0 Å². The molecule has 2 unspecified atom stereocenters. The maximum Gasteiger partial charge on any atom is 0.159 e. The number of hydrogen-bond acceptors (Lipinski definition) is 5. The van der Waals surface area contributed by atoms with Gasteiger partial charge in [0.2, 0.25) is 0 Å². The summed E-state index contributed by atoms with van der Waals surface area (Å²) in [6.45, 7) is 5.84. The van der Waals surface area contributed by atoms with Crippen LogP contribution >= 0.6 is 11.8 Å². The number of hydrazine groups is 1. The van der Waals surface area contributed by atoms with E-state index in [2.05, 4.69) is 96.5 Å². The minimum atomic E-state index is -0.205. The van der Waals surface area contributed by atoms with Crippen molar-refractivity contribution < 1.29 is 4.74 Å². The van der Waals surface area contributed by atoms with E-state index in [1.807, 2.05) is 18.7 Å². The van der Waals surface area contributed by atoms with Crippen LogP contribution in [-0.2, 0) is 23.3 Å². The second kappa shape index (κ2) is 9.43. The van der Waals surface area contributed by atoms with Gasteiger partial charge in [-0.2, -0.15) is 0 Å². The molecule has 5 heteroatoms. The first kappa shape index (κ1) is 22.4. The quantitative estimate of drug-likeness (QED) is 0.405. The molecule has 0 bridgehead atoms. The summed E-state index contributed by atoms with van der Waals surface area (Å²) in [5.74, 6) is 0.895. The summed E-state index contributed by atoms with van der Waals surface area (Å²) in [6.07, 6.45) is 3.33. The maximum atomic E-state index is 6.71. The number of thioether (sulfide) groups is 1. The first-order valence-corrected chi connectivity index (χ1v) is 12.5. The molecular weight excluding hydrogens is 426 g/mol. The molecule has 1 aliphatic heterocycles. The van der Waals surface area contributed by atoms with E-state index in [0.29, 0.717) is 0 Å². The summed E-state index contributed by atoms with van der Waals surface area (Å²) >= 11 is 1.81. The van der Waals surface area contributed by atoms with Crippen molar-refractivity contribution in [3.63, 3.8) is 0 Å². The minimum Gasteiger partial charge on any atom is -0.333 e. The summed E-state index contributed by atoms with van der Waals surface area (Å²) < 4.78 is 6.71. The van der Waals surface area contributed by atoms with E-state index in [0.717, 1.165) is 16.4 Å². The van der Waals surface area contributed by atoms with Crippen LogP contribution in [0, 0.1) is 0 Å². The van der Waals surface area contributed by atoms with E-state index in [1.165, 1.54) is 52.3 Å². The van der Waals surface area contributed by atoms with E-state index in [4.69, 9.17) is 4.74 Å². The molecule has 4 nitrogen and oxygen atoms in total. The van der Waals surface area contributed by atoms with Gasteiger partial charge in [0.25, 0.3) is 0 Å². The van der Waals surface area contributed by atoms with Gasteiger partial charge in [0, 0.05) is 25.4 Å². The monoisotopic (exact) mass is 457 g/mol. The van der Waals surface area contributed by atoms with E-state index in [1.54, 1.807) is 0 Å². The Labute approximate surface area is 200 Å². The Bertz CT molecular complexity index is 1220. The van der Waals surface area contributed by atoms with Gasteiger partial charge in [-0.3, -0.25) is 4.99 Å². The van der Waals surface area contributed by atoms with E-state index >= 15 is 0 Å². The molecule has 0 aromatic heterocycles. The predicted molar refractivity (Wildman–Crippen MR) is 139 cm³/mol. The highest BCUT2D eigenvalue weighted by molar-refractivity contribution is 8.02. The highest BCUT2D eigenvalue weighted by atomic mass is 32.2. The Kier molecular flexibility index (Phi) is 6.39. The van der Waals surface area contributed by atoms with Crippen molar-refractivity contribution in [1.29, 1.82) is 0 Å². The van der Waals surface area contributed by atoms with Crippen LogP contribution in [0.25, 0.3) is 10.8 Å². The Morgan fingerprint density at radius 2 is 1.82 bits per heavy atom. The predicted octanol–water partition coefficient (Wildman–Crippen LogP) is 6.33. The van der Waals surface area contributed by atoms with E-state index in [9.17, 15) is 0 Å². The number of fused-ring (bicyclic) bond motifs is 2. The molecule has 0 radical (unpaired) electrons. The average Bonchev–Trinajstić information content (AvgIpc) is 3.43. The van der Waals surface area contributed by atoms with Crippen LogP contribution in [0.3, 0.4) is 0 Å². The molecule has 0 amide bonds. The summed E-state index contributed by atoms with van der Waals surface area (Å²) in [5, 5.41) is 6.80. The third-order valence-electron chi connectivity index (χ3n) is 6.90. The molecular formula is C28H31N3OS. The lowest BCUT2D eigenvalue weighted by molar-refractivity contribution is 0.0169. The molecule has 1 heterocycles. The molecule has 1 fully saturated rings. The average molecular weight is 458 g/mol. The largest absolute Gasteiger partial charge is 0.333 e. The lowest BCUT2D eigenvalue weighted by atomic mass is 10.0. The molecule has 0 N–H and O–H groups in total. The van der Waals surface area contributed by atoms with Crippen molar-refractivity contribution in [2.75, 3.05) is 14.1 Å². The first-order valence-electron chi connectivity index (χ1n) is 11.6. The van der Waals surface area contributed by atoms with Crippen molar-refractivity contribution in [1.82, 2.24) is 10.0 Å². The number of rotatable bonds is 6. The molecule has 1 aliphatic carbocycles. The van der Waals surface area contributed by atoms with Gasteiger partial charge in [-0.1, -0.05) is 60.7 Å². The van der Waals surface area contributed by atoms with Gasteiger partial charge in [-0.25, -0.2) is 10.0 Å². The number of ether oxygens (including phenoxy) is 1. The second-order valence-corrected chi connectivity index (χ2v) is 9.93. The van der Waals surface area contributed by atoms with Crippen molar-refractivity contribution in [2.45, 2.75) is 44.4 Å². The topological polar surface area (TPSA) is 28.1 Å². The van der Waals surface area contributed by atoms with Crippen LogP contribution in [0.2, 0.25) is 0 Å². The van der Waals surface area contributed by atoms with Crippen LogP contribution < -0.4 is 0 Å². The molecule has 3 aromatic carbocycles. The van der Waals surface area contributed by atoms with E-state index < -0.39 is 0 Å². The van der Waals surface area contributed by atoms with Crippen LogP contribution in [0.5, 0.6) is 0 Å². The van der Waals surface area contributed by atoms with Crippen LogP contribution in [0.4, 0.5) is 0 Å². The molecule has 33 heavy (non-hydrogen) atoms. The summed E-state index contributed by atoms with van der Waals surface area (Å²) in [5.41, 5.74) is 6.49. The van der Waals surface area contributed by atoms with Crippen molar-refractivity contribution in [3.05, 3.63) is 93.5 Å². The molecule has 2 aliphatic rings. The minimum absolute atomic E-state index is 0.167. The van der Waals surface area contributed by atoms with E-state index in [-0.39, 0.29) is 12.5 Å². The van der Waals surface area contributed by atoms with Crippen LogP contribution in [0.1, 0.15) is 41.8 Å². The van der Waals surface area contributed by atoms with Gasteiger partial charge in [-0.05, 0) is 60.4 Å². The summed E-state index contributed by atoms with van der Waals surface area (Å²) in [7, 11) is 4.17. The third-order valence-corrected chi connectivity index (χ3v) is 8.18. The molecule has 1 saturated heterocycles. The highest BCUT2D eigenvalue weighted by Gasteiger charge is 2.40. The fourth-order valence-corrected chi connectivity index (χ4v) is 6.04. The summed E-state index contributed by atoms with van der Waals surface area (Å²) in [6, 6.07) is 21.9. The van der Waals surface area contributed by atoms with Crippen LogP contribution in [0.15, 0.2) is 76.3 Å². The smallest absolute Gasteiger partial charge is 0.159 e. The highest BCUT2D eigenvalue weighted by Crippen LogP contribution is 2.41. The van der Waals surface area contributed by atoms with Gasteiger partial charge in [0.05, 0.1) is 10.6 Å². The lowest BCUT2D eigenvalue weighted by Crippen LogP contribution is -2.36. The first-order chi connectivity index (χ1) is 16.1. The van der Waals surface area contributed by atoms with Gasteiger partial charge >= 0.3 is 0 Å². The number of aryl methyl sites for hydroxylation is 2. The zero-order valence-electron chi connectivity index (χ0n) is 19.6. The van der Waals surface area contributed by atoms with Crippen molar-refractivity contribution in [2.24, 2.45) is 4.99 Å². The molecule has 5 rings (SSSR count). The Balaban J connectivity index is 1.41. The van der Waals surface area contributed by atoms with Gasteiger partial charge < -0.3 is 4.74 Å². The molecule has 170 valence electrons. The number of likely N-dealkylation sites (N-methyl/N-ethyl adjacent to an activating group) is 1. The number of allylic oxidation sites excluding steroid dienone is 1. The standard InChI is InChI=1S/C28H31N3OS/c1-19(29-2)26(33-18-20-15-16-21-10-7-12-23(21)17-20)28-31(4)30(3)27(32-28)25-14-8-11-22-9-5-6-13-24(22)25/h5-6,8-9,11,13-17,27-28H,2,7,10,12,18H2,1,3-4H3/b26-19-. The summed E-state index contributed by atoms with van der Waals surface area (Å²) in [4.78, 5) is 5.41. The fraction of sp³-hybridized carbons (Fsp3) is 0.321. The Morgan fingerprint density at radius 3 is 2.67 bits per heavy atom. The zero-order valence-corrected chi connectivity index (χ0v) is 20.4. The Hall–Kier alpha value is -2.44. The van der Waals surface area contributed by atoms with Crippen LogP contribution in [-0.4, -0.2) is 37.1 Å². The Morgan fingerprint density at radius 1 is 1.03 bits per heavy atom. The van der Waals surface area contributed by atoms with Gasteiger partial charge in [-0.15, -0.1) is 11.8 Å². The molecule has 0 saturated carbocycles. The number of hydrogen-bond donors (Lipinski definition) is 0.